The number of likely N-dealkylation sites (tertiary alicyclic amines) is 1. The van der Waals surface area contributed by atoms with Crippen molar-refractivity contribution in [2.24, 2.45) is 0 Å². The molecule has 1 N–H and O–H groups in total. The van der Waals surface area contributed by atoms with E-state index in [1.807, 2.05) is 43.0 Å². The van der Waals surface area contributed by atoms with E-state index in [1.165, 1.54) is 0 Å². The molecule has 1 fully saturated rings. The van der Waals surface area contributed by atoms with E-state index in [0.29, 0.717) is 30.1 Å². The minimum atomic E-state index is -0.135. The van der Waals surface area contributed by atoms with Crippen LogP contribution in [0, 0.1) is 0 Å². The first-order chi connectivity index (χ1) is 14.0. The molecule has 2 heterocycles. The number of nitrogens with one attached hydrogen (secondary N) is 1. The van der Waals surface area contributed by atoms with Crippen molar-refractivity contribution in [1.82, 2.24) is 20.0 Å². The summed E-state index contributed by atoms with van der Waals surface area (Å²) in [6, 6.07) is 7.44. The Morgan fingerprint density at radius 2 is 2.10 bits per heavy atom. The maximum atomic E-state index is 12.8. The van der Waals surface area contributed by atoms with Crippen LogP contribution < -0.4 is 5.32 Å². The van der Waals surface area contributed by atoms with E-state index in [0.717, 1.165) is 43.6 Å². The first-order valence-corrected chi connectivity index (χ1v) is 10.7. The number of amides is 2. The Bertz CT molecular complexity index is 862. The van der Waals surface area contributed by atoms with Crippen molar-refractivity contribution in [3.63, 3.8) is 0 Å². The predicted molar refractivity (Wildman–Crippen MR) is 115 cm³/mol. The SMILES string of the molecule is CC(C)c1c(C(=O)NCCCN2CCCCCC2=O)cnn1-c1cccc(Cl)c1. The minimum absolute atomic E-state index is 0.118. The molecule has 0 spiro atoms. The Morgan fingerprint density at radius 1 is 1.28 bits per heavy atom. The van der Waals surface area contributed by atoms with Gasteiger partial charge in [-0.2, -0.15) is 5.10 Å². The Morgan fingerprint density at radius 3 is 2.86 bits per heavy atom. The van der Waals surface area contributed by atoms with E-state index in [1.54, 1.807) is 10.9 Å². The van der Waals surface area contributed by atoms with Crippen LogP contribution in [0.5, 0.6) is 0 Å². The first-order valence-electron chi connectivity index (χ1n) is 10.4. The van der Waals surface area contributed by atoms with E-state index in [2.05, 4.69) is 10.4 Å². The van der Waals surface area contributed by atoms with Crippen LogP contribution in [0.2, 0.25) is 5.02 Å². The van der Waals surface area contributed by atoms with Gasteiger partial charge >= 0.3 is 0 Å². The molecule has 7 heteroatoms. The number of rotatable bonds is 7. The highest BCUT2D eigenvalue weighted by molar-refractivity contribution is 6.30. The largest absolute Gasteiger partial charge is 0.352 e. The second-order valence-electron chi connectivity index (χ2n) is 7.79. The number of halogens is 1. The summed E-state index contributed by atoms with van der Waals surface area (Å²) >= 11 is 6.12. The molecule has 1 aliphatic rings. The molecule has 156 valence electrons. The molecule has 1 saturated heterocycles. The topological polar surface area (TPSA) is 67.2 Å². The Balaban J connectivity index is 1.62. The molecular formula is C22H29ClN4O2. The van der Waals surface area contributed by atoms with E-state index in [9.17, 15) is 9.59 Å². The van der Waals surface area contributed by atoms with Gasteiger partial charge in [-0.1, -0.05) is 37.9 Å². The fourth-order valence-corrected chi connectivity index (χ4v) is 3.93. The van der Waals surface area contributed by atoms with Gasteiger partial charge in [0.05, 0.1) is 23.1 Å². The third-order valence-electron chi connectivity index (χ3n) is 5.21. The molecule has 2 amide bonds. The molecule has 6 nitrogen and oxygen atoms in total. The van der Waals surface area contributed by atoms with Crippen LogP contribution in [0.1, 0.15) is 67.9 Å². The summed E-state index contributed by atoms with van der Waals surface area (Å²) in [6.45, 7) is 6.14. The molecule has 0 unspecified atom stereocenters. The van der Waals surface area contributed by atoms with E-state index < -0.39 is 0 Å². The fraction of sp³-hybridized carbons (Fsp3) is 0.500. The van der Waals surface area contributed by atoms with Gasteiger partial charge in [-0.3, -0.25) is 9.59 Å². The van der Waals surface area contributed by atoms with Crippen LogP contribution >= 0.6 is 11.6 Å². The third kappa shape index (κ3) is 5.38. The molecule has 0 aliphatic carbocycles. The first kappa shape index (κ1) is 21.4. The van der Waals surface area contributed by atoms with Crippen molar-refractivity contribution in [1.29, 1.82) is 0 Å². The highest BCUT2D eigenvalue weighted by Crippen LogP contribution is 2.24. The van der Waals surface area contributed by atoms with Crippen LogP contribution in [0.25, 0.3) is 5.69 Å². The van der Waals surface area contributed by atoms with Gasteiger partial charge in [0, 0.05) is 31.1 Å². The predicted octanol–water partition coefficient (Wildman–Crippen LogP) is 4.17. The summed E-state index contributed by atoms with van der Waals surface area (Å²) < 4.78 is 1.78. The molecule has 1 aromatic heterocycles. The standard InChI is InChI=1S/C22H29ClN4O2/c1-16(2)21-19(15-25-27(21)18-9-6-8-17(23)14-18)22(29)24-11-7-13-26-12-5-3-4-10-20(26)28/h6,8-9,14-16H,3-5,7,10-13H2,1-2H3,(H,24,29). The number of nitrogens with zero attached hydrogens (tertiary/aromatic N) is 3. The monoisotopic (exact) mass is 416 g/mol. The lowest BCUT2D eigenvalue weighted by atomic mass is 10.0. The number of carbonyl (C=O) groups is 2. The average Bonchev–Trinajstić information content (AvgIpc) is 3.04. The van der Waals surface area contributed by atoms with Gasteiger partial charge in [0.25, 0.3) is 5.91 Å². The zero-order valence-electron chi connectivity index (χ0n) is 17.2. The summed E-state index contributed by atoms with van der Waals surface area (Å²) in [6.07, 6.45) is 6.18. The quantitative estimate of drug-likeness (QED) is 0.688. The number of carbonyl (C=O) groups excluding carboxylic acids is 2. The summed E-state index contributed by atoms with van der Waals surface area (Å²) in [5.41, 5.74) is 2.26. The van der Waals surface area contributed by atoms with Crippen molar-refractivity contribution in [2.45, 2.75) is 51.9 Å². The van der Waals surface area contributed by atoms with Crippen LogP contribution in [0.15, 0.2) is 30.5 Å². The van der Waals surface area contributed by atoms with Crippen molar-refractivity contribution < 1.29 is 9.59 Å². The minimum Gasteiger partial charge on any atom is -0.352 e. The molecule has 0 atom stereocenters. The highest BCUT2D eigenvalue weighted by atomic mass is 35.5. The van der Waals surface area contributed by atoms with Crippen LogP contribution in [-0.2, 0) is 4.79 Å². The zero-order chi connectivity index (χ0) is 20.8. The average molecular weight is 417 g/mol. The number of benzene rings is 1. The van der Waals surface area contributed by atoms with Crippen molar-refractivity contribution in [3.8, 4) is 5.69 Å². The number of hydrogen-bond acceptors (Lipinski definition) is 3. The smallest absolute Gasteiger partial charge is 0.254 e. The molecule has 1 aromatic carbocycles. The third-order valence-corrected chi connectivity index (χ3v) is 5.45. The maximum absolute atomic E-state index is 12.8. The molecule has 1 aliphatic heterocycles. The van der Waals surface area contributed by atoms with Gasteiger partial charge in [0.2, 0.25) is 5.91 Å². The lowest BCUT2D eigenvalue weighted by molar-refractivity contribution is -0.130. The second kappa shape index (κ2) is 9.92. The second-order valence-corrected chi connectivity index (χ2v) is 8.23. The summed E-state index contributed by atoms with van der Waals surface area (Å²) in [4.78, 5) is 26.8. The Kier molecular flexibility index (Phi) is 7.31. The molecule has 0 saturated carbocycles. The lowest BCUT2D eigenvalue weighted by Gasteiger charge is -2.20. The van der Waals surface area contributed by atoms with Crippen LogP contribution in [-0.4, -0.2) is 46.1 Å². The van der Waals surface area contributed by atoms with E-state index in [-0.39, 0.29) is 17.7 Å². The molecule has 0 radical (unpaired) electrons. The van der Waals surface area contributed by atoms with Gasteiger partial charge in [0.15, 0.2) is 0 Å². The van der Waals surface area contributed by atoms with E-state index >= 15 is 0 Å². The fourth-order valence-electron chi connectivity index (χ4n) is 3.74. The molecule has 2 aromatic rings. The molecular weight excluding hydrogens is 388 g/mol. The summed E-state index contributed by atoms with van der Waals surface area (Å²) in [5, 5.41) is 8.05. The number of hydrogen-bond donors (Lipinski definition) is 1. The van der Waals surface area contributed by atoms with Crippen molar-refractivity contribution >= 4 is 23.4 Å². The van der Waals surface area contributed by atoms with Gasteiger partial charge in [-0.05, 0) is 43.4 Å². The van der Waals surface area contributed by atoms with Gasteiger partial charge in [-0.15, -0.1) is 0 Å². The van der Waals surface area contributed by atoms with Crippen molar-refractivity contribution in [3.05, 3.63) is 46.7 Å². The molecule has 29 heavy (non-hydrogen) atoms. The van der Waals surface area contributed by atoms with Gasteiger partial charge in [-0.25, -0.2) is 4.68 Å². The highest BCUT2D eigenvalue weighted by Gasteiger charge is 2.21. The molecule has 0 bridgehead atoms. The molecule has 3 rings (SSSR count). The maximum Gasteiger partial charge on any atom is 0.254 e. The lowest BCUT2D eigenvalue weighted by Crippen LogP contribution is -2.34. The van der Waals surface area contributed by atoms with Gasteiger partial charge in [0.1, 0.15) is 0 Å². The Hall–Kier alpha value is -2.34. The summed E-state index contributed by atoms with van der Waals surface area (Å²) in [7, 11) is 0. The Labute approximate surface area is 177 Å². The van der Waals surface area contributed by atoms with Crippen molar-refractivity contribution in [2.75, 3.05) is 19.6 Å². The van der Waals surface area contributed by atoms with E-state index in [4.69, 9.17) is 11.6 Å². The van der Waals surface area contributed by atoms with Crippen LogP contribution in [0.3, 0.4) is 0 Å². The zero-order valence-corrected chi connectivity index (χ0v) is 17.9. The number of aromatic nitrogens is 2. The summed E-state index contributed by atoms with van der Waals surface area (Å²) in [5.74, 6) is 0.217. The normalized spacial score (nSPS) is 14.9. The van der Waals surface area contributed by atoms with Crippen LogP contribution in [0.4, 0.5) is 0 Å². The van der Waals surface area contributed by atoms with Gasteiger partial charge < -0.3 is 10.2 Å².